The summed E-state index contributed by atoms with van der Waals surface area (Å²) in [6.07, 6.45) is 2.05. The number of imidazole rings is 1. The quantitative estimate of drug-likeness (QED) is 0.0777. The number of nitrogens with zero attached hydrogens (tertiary/aromatic N) is 4. The predicted octanol–water partition coefficient (Wildman–Crippen LogP) is 6.58. The van der Waals surface area contributed by atoms with Gasteiger partial charge in [-0.25, -0.2) is 9.59 Å². The first kappa shape index (κ1) is 30.9. The fraction of sp³-hybridized carbons (Fsp3) is 0.194. The first-order chi connectivity index (χ1) is 21.6. The number of non-ortho nitro benzene ring substituents is 1. The minimum Gasteiger partial charge on any atom is -0.458 e. The van der Waals surface area contributed by atoms with E-state index in [0.29, 0.717) is 11.4 Å². The van der Waals surface area contributed by atoms with Gasteiger partial charge in [0.25, 0.3) is 5.69 Å². The van der Waals surface area contributed by atoms with E-state index >= 15 is 0 Å². The van der Waals surface area contributed by atoms with Crippen LogP contribution in [0.25, 0.3) is 0 Å². The van der Waals surface area contributed by atoms with E-state index in [1.807, 2.05) is 91.0 Å². The normalized spacial score (nSPS) is 11.9. The standard InChI is InChI=1S/C36H34N4O5/c1-36(2,3)45-34(41)32(24-26-13-7-4-8-14-26)39-31(23-27-19-21-30(22-20-27)40(43)44)25-38(35(39)42)37-33(28-15-9-5-10-16-28)29-17-11-6-12-18-29/h4-22,25,32H,23-24H2,1-3H3/t32-/m1/s1. The molecule has 0 aliphatic heterocycles. The second kappa shape index (κ2) is 13.4. The summed E-state index contributed by atoms with van der Waals surface area (Å²) in [6.45, 7) is 5.35. The van der Waals surface area contributed by atoms with Crippen LogP contribution in [-0.2, 0) is 22.4 Å². The van der Waals surface area contributed by atoms with Crippen molar-refractivity contribution in [2.24, 2.45) is 5.10 Å². The molecular weight excluding hydrogens is 568 g/mol. The summed E-state index contributed by atoms with van der Waals surface area (Å²) in [5, 5.41) is 16.1. The summed E-state index contributed by atoms with van der Waals surface area (Å²) in [7, 11) is 0. The van der Waals surface area contributed by atoms with Gasteiger partial charge < -0.3 is 4.74 Å². The van der Waals surface area contributed by atoms with Crippen LogP contribution in [0.5, 0.6) is 0 Å². The van der Waals surface area contributed by atoms with E-state index in [2.05, 4.69) is 0 Å². The SMILES string of the molecule is CC(C)(C)OC(=O)[C@@H](Cc1ccccc1)n1c(Cc2ccc([N+](=O)[O-])cc2)cn(N=C(c2ccccc2)c2ccccc2)c1=O. The van der Waals surface area contributed by atoms with Gasteiger partial charge in [0.05, 0.1) is 16.8 Å². The zero-order chi connectivity index (χ0) is 32.0. The van der Waals surface area contributed by atoms with Gasteiger partial charge in [0.2, 0.25) is 0 Å². The molecule has 1 heterocycles. The van der Waals surface area contributed by atoms with Crippen molar-refractivity contribution in [3.05, 3.63) is 170 Å². The highest BCUT2D eigenvalue weighted by Gasteiger charge is 2.31. The van der Waals surface area contributed by atoms with E-state index < -0.39 is 28.2 Å². The Labute approximate surface area is 261 Å². The molecule has 0 aliphatic carbocycles. The molecular formula is C36H34N4O5. The van der Waals surface area contributed by atoms with Crippen LogP contribution in [0.2, 0.25) is 0 Å². The molecule has 45 heavy (non-hydrogen) atoms. The molecule has 228 valence electrons. The van der Waals surface area contributed by atoms with E-state index in [4.69, 9.17) is 9.84 Å². The molecule has 5 rings (SSSR count). The van der Waals surface area contributed by atoms with Crippen molar-refractivity contribution >= 4 is 17.4 Å². The van der Waals surface area contributed by atoms with E-state index in [-0.39, 0.29) is 18.5 Å². The number of carbonyl (C=O) groups is 1. The molecule has 0 aliphatic rings. The number of nitro benzene ring substituents is 1. The topological polar surface area (TPSA) is 109 Å². The lowest BCUT2D eigenvalue weighted by molar-refractivity contribution is -0.384. The minimum atomic E-state index is -1.000. The zero-order valence-electron chi connectivity index (χ0n) is 25.4. The molecule has 0 bridgehead atoms. The summed E-state index contributed by atoms with van der Waals surface area (Å²) in [6, 6.07) is 33.7. The van der Waals surface area contributed by atoms with Gasteiger partial charge in [-0.1, -0.05) is 103 Å². The Morgan fingerprint density at radius 2 is 1.36 bits per heavy atom. The lowest BCUT2D eigenvalue weighted by Gasteiger charge is -2.25. The average molecular weight is 603 g/mol. The van der Waals surface area contributed by atoms with Crippen LogP contribution in [0.15, 0.2) is 131 Å². The van der Waals surface area contributed by atoms with Crippen molar-refractivity contribution in [1.29, 1.82) is 0 Å². The van der Waals surface area contributed by atoms with Crippen molar-refractivity contribution in [3.8, 4) is 0 Å². The molecule has 5 aromatic rings. The minimum absolute atomic E-state index is 0.0376. The maximum atomic E-state index is 14.3. The van der Waals surface area contributed by atoms with Crippen molar-refractivity contribution in [2.75, 3.05) is 0 Å². The molecule has 9 heteroatoms. The second-order valence-electron chi connectivity index (χ2n) is 11.6. The van der Waals surface area contributed by atoms with Gasteiger partial charge in [-0.15, -0.1) is 0 Å². The maximum absolute atomic E-state index is 14.3. The van der Waals surface area contributed by atoms with Crippen LogP contribution < -0.4 is 5.69 Å². The van der Waals surface area contributed by atoms with E-state index in [1.165, 1.54) is 21.4 Å². The molecule has 0 unspecified atom stereocenters. The second-order valence-corrected chi connectivity index (χ2v) is 11.6. The van der Waals surface area contributed by atoms with Gasteiger partial charge in [0, 0.05) is 41.8 Å². The highest BCUT2D eigenvalue weighted by Crippen LogP contribution is 2.23. The van der Waals surface area contributed by atoms with Gasteiger partial charge in [0.15, 0.2) is 0 Å². The van der Waals surface area contributed by atoms with Crippen molar-refractivity contribution in [1.82, 2.24) is 9.24 Å². The predicted molar refractivity (Wildman–Crippen MR) is 174 cm³/mol. The molecule has 0 saturated heterocycles. The third kappa shape index (κ3) is 7.69. The van der Waals surface area contributed by atoms with Crippen LogP contribution in [0, 0.1) is 10.1 Å². The van der Waals surface area contributed by atoms with Crippen LogP contribution in [-0.4, -0.2) is 31.4 Å². The fourth-order valence-corrected chi connectivity index (χ4v) is 5.04. The Balaban J connectivity index is 1.70. The van der Waals surface area contributed by atoms with Gasteiger partial charge in [-0.05, 0) is 31.9 Å². The molecule has 0 amide bonds. The molecule has 0 N–H and O–H groups in total. The van der Waals surface area contributed by atoms with Crippen molar-refractivity contribution < 1.29 is 14.5 Å². The van der Waals surface area contributed by atoms with Gasteiger partial charge in [-0.2, -0.15) is 9.78 Å². The number of esters is 1. The Bertz CT molecular complexity index is 1810. The maximum Gasteiger partial charge on any atom is 0.349 e. The third-order valence-corrected chi connectivity index (χ3v) is 7.08. The summed E-state index contributed by atoms with van der Waals surface area (Å²) in [5.41, 5.74) is 2.95. The summed E-state index contributed by atoms with van der Waals surface area (Å²) in [5.74, 6) is -0.550. The van der Waals surface area contributed by atoms with Crippen molar-refractivity contribution in [3.63, 3.8) is 0 Å². The Morgan fingerprint density at radius 3 is 1.87 bits per heavy atom. The lowest BCUT2D eigenvalue weighted by Crippen LogP contribution is -2.37. The number of ether oxygens (including phenoxy) is 1. The summed E-state index contributed by atoms with van der Waals surface area (Å²) >= 11 is 0. The lowest BCUT2D eigenvalue weighted by atomic mass is 10.0. The van der Waals surface area contributed by atoms with Gasteiger partial charge >= 0.3 is 11.7 Å². The van der Waals surface area contributed by atoms with E-state index in [1.54, 1.807) is 39.1 Å². The Hall–Kier alpha value is -5.57. The monoisotopic (exact) mass is 602 g/mol. The molecule has 9 nitrogen and oxygen atoms in total. The number of nitro groups is 1. The Kier molecular flexibility index (Phi) is 9.18. The molecule has 4 aromatic carbocycles. The van der Waals surface area contributed by atoms with Crippen LogP contribution in [0.3, 0.4) is 0 Å². The summed E-state index contributed by atoms with van der Waals surface area (Å²) in [4.78, 5) is 38.9. The zero-order valence-corrected chi connectivity index (χ0v) is 25.4. The molecule has 0 fully saturated rings. The van der Waals surface area contributed by atoms with Crippen LogP contribution >= 0.6 is 0 Å². The molecule has 0 saturated carbocycles. The smallest absolute Gasteiger partial charge is 0.349 e. The molecule has 1 atom stereocenters. The molecule has 0 radical (unpaired) electrons. The number of benzene rings is 4. The number of carbonyl (C=O) groups excluding carboxylic acids is 1. The summed E-state index contributed by atoms with van der Waals surface area (Å²) < 4.78 is 8.55. The molecule has 1 aromatic heterocycles. The number of hydrogen-bond acceptors (Lipinski definition) is 6. The Morgan fingerprint density at radius 1 is 0.822 bits per heavy atom. The van der Waals surface area contributed by atoms with Crippen LogP contribution in [0.1, 0.15) is 54.8 Å². The number of rotatable bonds is 10. The van der Waals surface area contributed by atoms with Gasteiger partial charge in [-0.3, -0.25) is 14.7 Å². The van der Waals surface area contributed by atoms with Gasteiger partial charge in [0.1, 0.15) is 11.6 Å². The fourth-order valence-electron chi connectivity index (χ4n) is 5.04. The van der Waals surface area contributed by atoms with Crippen LogP contribution in [0.4, 0.5) is 5.69 Å². The van der Waals surface area contributed by atoms with Crippen molar-refractivity contribution in [2.45, 2.75) is 45.3 Å². The first-order valence-corrected chi connectivity index (χ1v) is 14.6. The third-order valence-electron chi connectivity index (χ3n) is 7.08. The average Bonchev–Trinajstić information content (AvgIpc) is 3.32. The largest absolute Gasteiger partial charge is 0.458 e. The molecule has 0 spiro atoms. The first-order valence-electron chi connectivity index (χ1n) is 14.6. The number of hydrogen-bond donors (Lipinski definition) is 0. The highest BCUT2D eigenvalue weighted by molar-refractivity contribution is 6.12. The van der Waals surface area contributed by atoms with E-state index in [9.17, 15) is 19.7 Å². The highest BCUT2D eigenvalue weighted by atomic mass is 16.6. The van der Waals surface area contributed by atoms with E-state index in [0.717, 1.165) is 22.3 Å². The number of aromatic nitrogens is 2.